The van der Waals surface area contributed by atoms with E-state index in [1.807, 2.05) is 29.6 Å². The molecule has 1 aromatic heterocycles. The van der Waals surface area contributed by atoms with Gasteiger partial charge in [0.1, 0.15) is 6.04 Å². The third-order valence-corrected chi connectivity index (χ3v) is 5.09. The van der Waals surface area contributed by atoms with E-state index in [-0.39, 0.29) is 11.5 Å². The van der Waals surface area contributed by atoms with Crippen molar-refractivity contribution in [1.82, 2.24) is 5.43 Å². The van der Waals surface area contributed by atoms with E-state index in [0.717, 1.165) is 9.35 Å². The summed E-state index contributed by atoms with van der Waals surface area (Å²) >= 11 is 4.83. The van der Waals surface area contributed by atoms with Crippen LogP contribution in [0.15, 0.2) is 51.4 Å². The number of halogens is 1. The van der Waals surface area contributed by atoms with Gasteiger partial charge in [-0.2, -0.15) is 5.10 Å². The lowest BCUT2D eigenvalue weighted by molar-refractivity contribution is -0.132. The van der Waals surface area contributed by atoms with Crippen LogP contribution in [0.4, 0.5) is 0 Å². The van der Waals surface area contributed by atoms with Crippen molar-refractivity contribution < 1.29 is 14.3 Å². The number of hydrogen-bond acceptors (Lipinski definition) is 6. The summed E-state index contributed by atoms with van der Waals surface area (Å²) in [6.45, 7) is 0. The third kappa shape index (κ3) is 3.07. The highest BCUT2D eigenvalue weighted by molar-refractivity contribution is 9.10. The first-order valence-electron chi connectivity index (χ1n) is 6.86. The predicted molar refractivity (Wildman–Crippen MR) is 91.9 cm³/mol. The second-order valence-electron chi connectivity index (χ2n) is 4.96. The van der Waals surface area contributed by atoms with Crippen molar-refractivity contribution in [2.75, 3.05) is 7.11 Å². The van der Waals surface area contributed by atoms with Crippen LogP contribution in [0.1, 0.15) is 21.2 Å². The topological polar surface area (TPSA) is 67.8 Å². The molecule has 23 heavy (non-hydrogen) atoms. The third-order valence-electron chi connectivity index (χ3n) is 3.61. The highest BCUT2D eigenvalue weighted by atomic mass is 79.9. The highest BCUT2D eigenvalue weighted by Crippen LogP contribution is 2.31. The second kappa shape index (κ2) is 6.64. The Morgan fingerprint density at radius 2 is 2.00 bits per heavy atom. The maximum Gasteiger partial charge on any atom is 0.354 e. The molecule has 2 aromatic rings. The van der Waals surface area contributed by atoms with Crippen molar-refractivity contribution >= 4 is 44.7 Å². The maximum atomic E-state index is 12.8. The molecular formula is C16H13BrN2O3S. The number of Topliss-reactive ketones (excluding diaryl/α,β-unsaturated/α-hetero) is 1. The van der Waals surface area contributed by atoms with Crippen LogP contribution < -0.4 is 5.43 Å². The molecule has 0 bridgehead atoms. The number of ether oxygens (including phenoxy) is 1. The Bertz CT molecular complexity index is 756. The number of esters is 1. The lowest BCUT2D eigenvalue weighted by Gasteiger charge is -2.18. The minimum atomic E-state index is -0.621. The first-order valence-corrected chi connectivity index (χ1v) is 8.53. The van der Waals surface area contributed by atoms with Gasteiger partial charge < -0.3 is 4.74 Å². The van der Waals surface area contributed by atoms with E-state index in [9.17, 15) is 9.59 Å². The van der Waals surface area contributed by atoms with Gasteiger partial charge in [0, 0.05) is 14.9 Å². The summed E-state index contributed by atoms with van der Waals surface area (Å²) in [5.74, 6) is -1.08. The molecule has 1 aliphatic rings. The molecular weight excluding hydrogens is 380 g/mol. The van der Waals surface area contributed by atoms with Crippen molar-refractivity contribution in [3.8, 4) is 0 Å². The molecule has 0 aliphatic carbocycles. The molecule has 0 amide bonds. The van der Waals surface area contributed by atoms with Gasteiger partial charge in [0.05, 0.1) is 13.0 Å². The van der Waals surface area contributed by atoms with Crippen molar-refractivity contribution in [3.63, 3.8) is 0 Å². The number of carbonyl (C=O) groups is 2. The second-order valence-corrected chi connectivity index (χ2v) is 6.85. The molecule has 1 N–H and O–H groups in total. The number of ketones is 1. The molecule has 0 radical (unpaired) electrons. The van der Waals surface area contributed by atoms with Gasteiger partial charge in [-0.25, -0.2) is 4.79 Å². The Kier molecular flexibility index (Phi) is 4.58. The summed E-state index contributed by atoms with van der Waals surface area (Å²) in [6, 6.07) is 10.3. The van der Waals surface area contributed by atoms with Crippen LogP contribution in [-0.2, 0) is 9.53 Å². The van der Waals surface area contributed by atoms with E-state index in [1.165, 1.54) is 18.4 Å². The summed E-state index contributed by atoms with van der Waals surface area (Å²) in [5, 5.41) is 5.96. The van der Waals surface area contributed by atoms with Crippen LogP contribution in [0.25, 0.3) is 0 Å². The van der Waals surface area contributed by atoms with E-state index < -0.39 is 17.9 Å². The summed E-state index contributed by atoms with van der Waals surface area (Å²) < 4.78 is 5.69. The maximum absolute atomic E-state index is 12.8. The number of hydrazone groups is 1. The van der Waals surface area contributed by atoms with Crippen LogP contribution in [0.2, 0.25) is 0 Å². The Balaban J connectivity index is 1.94. The van der Waals surface area contributed by atoms with Crippen molar-refractivity contribution in [1.29, 1.82) is 0 Å². The van der Waals surface area contributed by atoms with Crippen molar-refractivity contribution in [2.45, 2.75) is 12.0 Å². The fourth-order valence-electron chi connectivity index (χ4n) is 2.49. The standard InChI is InChI=1S/C16H13BrN2O3S/c1-22-16(21)14-12(11-3-2-8-23-11)13(18-19-14)15(20)9-4-6-10(17)7-5-9/h2-8,12-13,18H,1H3. The monoisotopic (exact) mass is 392 g/mol. The Morgan fingerprint density at radius 3 is 2.61 bits per heavy atom. The van der Waals surface area contributed by atoms with E-state index in [2.05, 4.69) is 26.5 Å². The predicted octanol–water partition coefficient (Wildman–Crippen LogP) is 2.98. The number of thiophene rings is 1. The molecule has 0 saturated heterocycles. The van der Waals surface area contributed by atoms with Crippen LogP contribution in [0.5, 0.6) is 0 Å². The zero-order valence-electron chi connectivity index (χ0n) is 12.2. The SMILES string of the molecule is COC(=O)C1=NNC(C(=O)c2ccc(Br)cc2)C1c1cccs1. The average Bonchev–Trinajstić information content (AvgIpc) is 3.23. The quantitative estimate of drug-likeness (QED) is 0.641. The van der Waals surface area contributed by atoms with E-state index in [1.54, 1.807) is 12.1 Å². The van der Waals surface area contributed by atoms with Gasteiger partial charge in [-0.05, 0) is 23.6 Å². The molecule has 2 heterocycles. The van der Waals surface area contributed by atoms with E-state index in [4.69, 9.17) is 4.74 Å². The Labute approximate surface area is 145 Å². The number of methoxy groups -OCH3 is 1. The van der Waals surface area contributed by atoms with Gasteiger partial charge in [-0.1, -0.05) is 34.1 Å². The average molecular weight is 393 g/mol. The molecule has 0 saturated carbocycles. The summed E-state index contributed by atoms with van der Waals surface area (Å²) in [7, 11) is 1.31. The first kappa shape index (κ1) is 15.9. The number of hydrogen-bond donors (Lipinski definition) is 1. The molecule has 7 heteroatoms. The minimum absolute atomic E-state index is 0.112. The summed E-state index contributed by atoms with van der Waals surface area (Å²) in [5.41, 5.74) is 3.60. The van der Waals surface area contributed by atoms with Gasteiger partial charge in [0.25, 0.3) is 0 Å². The Hall–Kier alpha value is -1.99. The van der Waals surface area contributed by atoms with Gasteiger partial charge >= 0.3 is 5.97 Å². The van der Waals surface area contributed by atoms with Crippen LogP contribution >= 0.6 is 27.3 Å². The van der Waals surface area contributed by atoms with Gasteiger partial charge in [0.2, 0.25) is 0 Å². The van der Waals surface area contributed by atoms with E-state index >= 15 is 0 Å². The molecule has 5 nitrogen and oxygen atoms in total. The fraction of sp³-hybridized carbons (Fsp3) is 0.188. The van der Waals surface area contributed by atoms with Crippen molar-refractivity contribution in [3.05, 3.63) is 56.7 Å². The number of nitrogens with one attached hydrogen (secondary N) is 1. The minimum Gasteiger partial charge on any atom is -0.464 e. The van der Waals surface area contributed by atoms with Crippen LogP contribution in [-0.4, -0.2) is 30.6 Å². The van der Waals surface area contributed by atoms with E-state index in [0.29, 0.717) is 5.56 Å². The highest BCUT2D eigenvalue weighted by Gasteiger charge is 2.42. The number of carbonyl (C=O) groups excluding carboxylic acids is 2. The molecule has 0 spiro atoms. The van der Waals surface area contributed by atoms with Crippen molar-refractivity contribution in [2.24, 2.45) is 5.10 Å². The number of benzene rings is 1. The molecule has 3 rings (SSSR count). The van der Waals surface area contributed by atoms with Gasteiger partial charge in [0.15, 0.2) is 11.5 Å². The fourth-order valence-corrected chi connectivity index (χ4v) is 3.62. The lowest BCUT2D eigenvalue weighted by atomic mass is 9.89. The molecule has 1 aliphatic heterocycles. The molecule has 118 valence electrons. The smallest absolute Gasteiger partial charge is 0.354 e. The lowest BCUT2D eigenvalue weighted by Crippen LogP contribution is -2.37. The van der Waals surface area contributed by atoms with Crippen LogP contribution in [0.3, 0.4) is 0 Å². The molecule has 2 unspecified atom stereocenters. The van der Waals surface area contributed by atoms with Crippen LogP contribution in [0, 0.1) is 0 Å². The zero-order valence-corrected chi connectivity index (χ0v) is 14.6. The van der Waals surface area contributed by atoms with Gasteiger partial charge in [-0.15, -0.1) is 11.3 Å². The largest absolute Gasteiger partial charge is 0.464 e. The summed E-state index contributed by atoms with van der Waals surface area (Å²) in [6.07, 6.45) is 0. The first-order chi connectivity index (χ1) is 11.1. The molecule has 1 aromatic carbocycles. The zero-order chi connectivity index (χ0) is 16.4. The summed E-state index contributed by atoms with van der Waals surface area (Å²) in [4.78, 5) is 25.7. The van der Waals surface area contributed by atoms with Gasteiger partial charge in [-0.3, -0.25) is 10.2 Å². The molecule has 2 atom stereocenters. The normalized spacial score (nSPS) is 19.8. The number of rotatable bonds is 4. The number of nitrogens with zero attached hydrogens (tertiary/aromatic N) is 1. The Morgan fingerprint density at radius 1 is 1.26 bits per heavy atom. The molecule has 0 fully saturated rings.